The highest BCUT2D eigenvalue weighted by molar-refractivity contribution is 6.51. The Bertz CT molecular complexity index is 1490. The number of halogens is 1. The summed E-state index contributed by atoms with van der Waals surface area (Å²) in [7, 11) is 0. The first-order chi connectivity index (χ1) is 18.6. The number of hydrogen-bond donors (Lipinski definition) is 1. The number of amides is 1. The highest BCUT2D eigenvalue weighted by Gasteiger charge is 2.47. The van der Waals surface area contributed by atoms with Crippen LogP contribution in [0, 0.1) is 6.92 Å². The number of carbonyl (C=O) groups is 2. The lowest BCUT2D eigenvalue weighted by atomic mass is 9.84. The zero-order valence-electron chi connectivity index (χ0n) is 24.6. The third kappa shape index (κ3) is 5.53. The molecule has 6 heteroatoms. The highest BCUT2D eigenvalue weighted by Crippen LogP contribution is 2.44. The number of rotatable bonds is 5. The lowest BCUT2D eigenvalue weighted by molar-refractivity contribution is -0.132. The van der Waals surface area contributed by atoms with Gasteiger partial charge in [0, 0.05) is 21.8 Å². The van der Waals surface area contributed by atoms with E-state index in [1.807, 2.05) is 56.3 Å². The van der Waals surface area contributed by atoms with Gasteiger partial charge in [0.25, 0.3) is 11.7 Å². The Morgan fingerprint density at radius 3 is 2.12 bits per heavy atom. The summed E-state index contributed by atoms with van der Waals surface area (Å²) in [6, 6.07) is 17.7. The predicted molar refractivity (Wildman–Crippen MR) is 162 cm³/mol. The number of aliphatic hydroxyl groups is 1. The maximum Gasteiger partial charge on any atom is 0.300 e. The van der Waals surface area contributed by atoms with Gasteiger partial charge in [-0.15, -0.1) is 0 Å². The van der Waals surface area contributed by atoms with E-state index < -0.39 is 17.7 Å². The summed E-state index contributed by atoms with van der Waals surface area (Å²) in [6.07, 6.45) is 0. The molecule has 210 valence electrons. The van der Waals surface area contributed by atoms with Crippen molar-refractivity contribution in [3.05, 3.63) is 99.1 Å². The summed E-state index contributed by atoms with van der Waals surface area (Å²) in [4.78, 5) is 28.7. The van der Waals surface area contributed by atoms with Gasteiger partial charge in [0.1, 0.15) is 11.5 Å². The smallest absolute Gasteiger partial charge is 0.300 e. The number of anilines is 1. The zero-order chi connectivity index (χ0) is 29.6. The van der Waals surface area contributed by atoms with Crippen LogP contribution < -0.4 is 9.64 Å². The summed E-state index contributed by atoms with van der Waals surface area (Å²) in [5, 5.41) is 12.2. The van der Waals surface area contributed by atoms with Gasteiger partial charge in [-0.1, -0.05) is 83.5 Å². The molecule has 1 aliphatic rings. The Hall–Kier alpha value is -3.57. The third-order valence-corrected chi connectivity index (χ3v) is 7.74. The van der Waals surface area contributed by atoms with Crippen molar-refractivity contribution < 1.29 is 19.4 Å². The van der Waals surface area contributed by atoms with E-state index >= 15 is 0 Å². The van der Waals surface area contributed by atoms with Crippen LogP contribution in [0.15, 0.2) is 66.2 Å². The van der Waals surface area contributed by atoms with Crippen LogP contribution >= 0.6 is 11.6 Å². The van der Waals surface area contributed by atoms with Crippen molar-refractivity contribution in [1.82, 2.24) is 0 Å². The molecule has 0 bridgehead atoms. The van der Waals surface area contributed by atoms with Crippen molar-refractivity contribution in [2.24, 2.45) is 0 Å². The molecule has 1 amide bonds. The Balaban J connectivity index is 1.96. The number of aliphatic hydroxyl groups excluding tert-OH is 1. The molecule has 3 aromatic carbocycles. The monoisotopic (exact) mass is 559 g/mol. The summed E-state index contributed by atoms with van der Waals surface area (Å²) in [5.74, 6) is -0.966. The first-order valence-electron chi connectivity index (χ1n) is 13.6. The molecule has 0 aliphatic carbocycles. The molecule has 0 spiro atoms. The number of hydrogen-bond acceptors (Lipinski definition) is 4. The molecule has 3 aromatic rings. The van der Waals surface area contributed by atoms with Crippen LogP contribution in [0.4, 0.5) is 5.69 Å². The van der Waals surface area contributed by atoms with Gasteiger partial charge in [0.2, 0.25) is 0 Å². The molecule has 0 saturated carbocycles. The second kappa shape index (κ2) is 10.8. The molecule has 0 aromatic heterocycles. The van der Waals surface area contributed by atoms with E-state index in [0.29, 0.717) is 28.4 Å². The third-order valence-electron chi connectivity index (χ3n) is 7.33. The first-order valence-corrected chi connectivity index (χ1v) is 14.0. The average Bonchev–Trinajstić information content (AvgIpc) is 3.15. The fourth-order valence-corrected chi connectivity index (χ4v) is 5.19. The fourth-order valence-electron chi connectivity index (χ4n) is 5.01. The molecule has 1 saturated heterocycles. The van der Waals surface area contributed by atoms with Crippen molar-refractivity contribution in [2.75, 3.05) is 11.5 Å². The van der Waals surface area contributed by atoms with E-state index in [2.05, 4.69) is 41.5 Å². The van der Waals surface area contributed by atoms with Gasteiger partial charge >= 0.3 is 0 Å². The maximum absolute atomic E-state index is 13.7. The Labute approximate surface area is 242 Å². The van der Waals surface area contributed by atoms with Crippen LogP contribution in [0.25, 0.3) is 5.76 Å². The fraction of sp³-hybridized carbons (Fsp3) is 0.353. The minimum absolute atomic E-state index is 0.0363. The van der Waals surface area contributed by atoms with Crippen LogP contribution in [0.1, 0.15) is 82.3 Å². The standard InChI is InChI=1S/C34H38ClNO4/c1-9-40-27-17-13-22(18-25(27)34(6,7)8)30(37)28-29(21-11-14-23(15-12-21)33(3,4)5)36(32(39)31(28)38)24-16-10-20(2)26(35)19-24/h10-19,29,37H,9H2,1-8H3/b30-28-. The second-order valence-electron chi connectivity index (χ2n) is 12.4. The van der Waals surface area contributed by atoms with Crippen molar-refractivity contribution in [3.8, 4) is 5.75 Å². The normalized spacial score (nSPS) is 17.4. The minimum Gasteiger partial charge on any atom is -0.507 e. The summed E-state index contributed by atoms with van der Waals surface area (Å²) in [5.41, 5.74) is 4.20. The van der Waals surface area contributed by atoms with Crippen molar-refractivity contribution in [3.63, 3.8) is 0 Å². The minimum atomic E-state index is -0.836. The lowest BCUT2D eigenvalue weighted by Gasteiger charge is -2.27. The molecule has 40 heavy (non-hydrogen) atoms. The first kappa shape index (κ1) is 29.4. The number of carbonyl (C=O) groups excluding carboxylic acids is 2. The zero-order valence-corrected chi connectivity index (χ0v) is 25.3. The molecule has 1 heterocycles. The predicted octanol–water partition coefficient (Wildman–Crippen LogP) is 8.27. The molecule has 1 atom stereocenters. The highest BCUT2D eigenvalue weighted by atomic mass is 35.5. The van der Waals surface area contributed by atoms with Gasteiger partial charge in [-0.05, 0) is 71.7 Å². The molecule has 0 radical (unpaired) electrons. The molecule has 1 N–H and O–H groups in total. The Morgan fingerprint density at radius 2 is 1.57 bits per heavy atom. The Morgan fingerprint density at radius 1 is 0.925 bits per heavy atom. The van der Waals surface area contributed by atoms with E-state index in [1.165, 1.54) is 4.90 Å². The topological polar surface area (TPSA) is 66.8 Å². The lowest BCUT2D eigenvalue weighted by Crippen LogP contribution is -2.29. The van der Waals surface area contributed by atoms with Crippen LogP contribution in [-0.2, 0) is 20.4 Å². The number of Topliss-reactive ketones (excluding diaryl/α,β-unsaturated/α-hetero) is 1. The number of nitrogens with zero attached hydrogens (tertiary/aromatic N) is 1. The second-order valence-corrected chi connectivity index (χ2v) is 12.8. The van der Waals surface area contributed by atoms with Crippen LogP contribution in [0.5, 0.6) is 5.75 Å². The average molecular weight is 560 g/mol. The van der Waals surface area contributed by atoms with E-state index in [1.54, 1.807) is 18.2 Å². The van der Waals surface area contributed by atoms with Crippen LogP contribution in [0.2, 0.25) is 5.02 Å². The van der Waals surface area contributed by atoms with Gasteiger partial charge in [0.05, 0.1) is 18.2 Å². The Kier molecular flexibility index (Phi) is 7.92. The summed E-state index contributed by atoms with van der Waals surface area (Å²) >= 11 is 6.44. The molecule has 1 aliphatic heterocycles. The largest absolute Gasteiger partial charge is 0.507 e. The van der Waals surface area contributed by atoms with Crippen LogP contribution in [0.3, 0.4) is 0 Å². The van der Waals surface area contributed by atoms with Gasteiger partial charge in [0.15, 0.2) is 0 Å². The van der Waals surface area contributed by atoms with Gasteiger partial charge in [-0.3, -0.25) is 14.5 Å². The molecule has 5 nitrogen and oxygen atoms in total. The SMILES string of the molecule is CCOc1ccc(/C(O)=C2/C(=O)C(=O)N(c3ccc(C)c(Cl)c3)C2c2ccc(C(C)(C)C)cc2)cc1C(C)(C)C. The van der Waals surface area contributed by atoms with E-state index in [0.717, 1.165) is 22.4 Å². The van der Waals surface area contributed by atoms with Gasteiger partial charge in [-0.25, -0.2) is 0 Å². The number of ether oxygens (including phenoxy) is 1. The van der Waals surface area contributed by atoms with E-state index in [-0.39, 0.29) is 22.2 Å². The van der Waals surface area contributed by atoms with Crippen molar-refractivity contribution >= 4 is 34.7 Å². The number of benzene rings is 3. The molecular formula is C34H38ClNO4. The molecule has 1 fully saturated rings. The number of aryl methyl sites for hydroxylation is 1. The van der Waals surface area contributed by atoms with E-state index in [9.17, 15) is 14.7 Å². The van der Waals surface area contributed by atoms with Gasteiger partial charge in [-0.2, -0.15) is 0 Å². The number of ketones is 1. The van der Waals surface area contributed by atoms with Crippen LogP contribution in [-0.4, -0.2) is 23.4 Å². The summed E-state index contributed by atoms with van der Waals surface area (Å²) in [6.45, 7) is 16.9. The van der Waals surface area contributed by atoms with E-state index in [4.69, 9.17) is 16.3 Å². The quantitative estimate of drug-likeness (QED) is 0.194. The molecule has 4 rings (SSSR count). The van der Waals surface area contributed by atoms with Crippen molar-refractivity contribution in [2.45, 2.75) is 72.3 Å². The summed E-state index contributed by atoms with van der Waals surface area (Å²) < 4.78 is 5.85. The van der Waals surface area contributed by atoms with Gasteiger partial charge < -0.3 is 9.84 Å². The molecule has 1 unspecified atom stereocenters. The van der Waals surface area contributed by atoms with Crippen molar-refractivity contribution in [1.29, 1.82) is 0 Å². The maximum atomic E-state index is 13.7. The molecular weight excluding hydrogens is 522 g/mol.